The lowest BCUT2D eigenvalue weighted by atomic mass is 10.1. The summed E-state index contributed by atoms with van der Waals surface area (Å²) < 4.78 is 0. The predicted octanol–water partition coefficient (Wildman–Crippen LogP) is 4.87. The molecule has 4 nitrogen and oxygen atoms in total. The average molecular weight is 427 g/mol. The fraction of sp³-hybridized carbons (Fsp3) is 0.440. The molecule has 0 saturated heterocycles. The molecule has 0 aliphatic rings. The molecule has 30 heavy (non-hydrogen) atoms. The van der Waals surface area contributed by atoms with Crippen LogP contribution in [0.15, 0.2) is 48.5 Å². The summed E-state index contributed by atoms with van der Waals surface area (Å²) in [5.74, 6) is 0.955. The maximum absolute atomic E-state index is 13.1. The van der Waals surface area contributed by atoms with Crippen molar-refractivity contribution in [1.82, 2.24) is 10.2 Å². The third-order valence-corrected chi connectivity index (χ3v) is 5.70. The number of hydrogen-bond acceptors (Lipinski definition) is 3. The van der Waals surface area contributed by atoms with Crippen LogP contribution in [0.2, 0.25) is 0 Å². The van der Waals surface area contributed by atoms with Crippen molar-refractivity contribution in [3.63, 3.8) is 0 Å². The largest absolute Gasteiger partial charge is 0.350 e. The van der Waals surface area contributed by atoms with E-state index in [1.807, 2.05) is 45.9 Å². The molecule has 2 aromatic rings. The summed E-state index contributed by atoms with van der Waals surface area (Å²) in [6.07, 6.45) is 0. The molecule has 0 spiro atoms. The molecule has 0 heterocycles. The first-order chi connectivity index (χ1) is 14.0. The van der Waals surface area contributed by atoms with Gasteiger partial charge in [0.15, 0.2) is 0 Å². The molecular formula is C25H34N2O2S. The number of amides is 2. The van der Waals surface area contributed by atoms with E-state index in [2.05, 4.69) is 42.6 Å². The molecule has 0 bridgehead atoms. The molecule has 2 amide bonds. The molecule has 2 aromatic carbocycles. The Bertz CT molecular complexity index is 856. The van der Waals surface area contributed by atoms with Crippen LogP contribution in [0.5, 0.6) is 0 Å². The SMILES string of the molecule is Cc1ccc(CSCC(=O)N(Cc2cccc(C)c2)[C@H](C)C(=O)NC(C)(C)C)cc1. The molecule has 2 rings (SSSR count). The number of benzene rings is 2. The quantitative estimate of drug-likeness (QED) is 0.655. The lowest BCUT2D eigenvalue weighted by molar-refractivity contribution is -0.139. The molecule has 0 aliphatic heterocycles. The van der Waals surface area contributed by atoms with Gasteiger partial charge in [-0.2, -0.15) is 0 Å². The molecule has 0 unspecified atom stereocenters. The lowest BCUT2D eigenvalue weighted by Crippen LogP contribution is -2.52. The average Bonchev–Trinajstić information content (AvgIpc) is 2.65. The van der Waals surface area contributed by atoms with Crippen molar-refractivity contribution in [3.8, 4) is 0 Å². The van der Waals surface area contributed by atoms with Crippen LogP contribution in [0.1, 0.15) is 49.9 Å². The van der Waals surface area contributed by atoms with E-state index in [0.29, 0.717) is 12.3 Å². The van der Waals surface area contributed by atoms with Crippen LogP contribution < -0.4 is 5.32 Å². The van der Waals surface area contributed by atoms with Gasteiger partial charge in [-0.1, -0.05) is 59.7 Å². The van der Waals surface area contributed by atoms with Gasteiger partial charge in [0.25, 0.3) is 0 Å². The minimum absolute atomic E-state index is 0.0230. The summed E-state index contributed by atoms with van der Waals surface area (Å²) in [4.78, 5) is 27.6. The van der Waals surface area contributed by atoms with E-state index in [-0.39, 0.29) is 17.4 Å². The van der Waals surface area contributed by atoms with Gasteiger partial charge in [-0.25, -0.2) is 0 Å². The Morgan fingerprint density at radius 2 is 1.67 bits per heavy atom. The third kappa shape index (κ3) is 7.86. The van der Waals surface area contributed by atoms with E-state index < -0.39 is 6.04 Å². The predicted molar refractivity (Wildman–Crippen MR) is 126 cm³/mol. The molecule has 0 aromatic heterocycles. The second kappa shape index (κ2) is 10.7. The van der Waals surface area contributed by atoms with E-state index in [1.165, 1.54) is 11.1 Å². The zero-order valence-corrected chi connectivity index (χ0v) is 19.8. The summed E-state index contributed by atoms with van der Waals surface area (Å²) in [5, 5.41) is 3.00. The number of aryl methyl sites for hydroxylation is 2. The molecule has 162 valence electrons. The Morgan fingerprint density at radius 1 is 1.00 bits per heavy atom. The number of hydrogen-bond donors (Lipinski definition) is 1. The molecular weight excluding hydrogens is 392 g/mol. The van der Waals surface area contributed by atoms with Gasteiger partial charge < -0.3 is 10.2 Å². The Balaban J connectivity index is 2.09. The first-order valence-corrected chi connectivity index (χ1v) is 11.5. The minimum atomic E-state index is -0.544. The fourth-order valence-electron chi connectivity index (χ4n) is 3.09. The topological polar surface area (TPSA) is 49.4 Å². The zero-order chi connectivity index (χ0) is 22.3. The Morgan fingerprint density at radius 3 is 2.27 bits per heavy atom. The van der Waals surface area contributed by atoms with Gasteiger partial charge in [0.05, 0.1) is 5.75 Å². The maximum atomic E-state index is 13.1. The first-order valence-electron chi connectivity index (χ1n) is 10.4. The normalized spacial score (nSPS) is 12.3. The standard InChI is InChI=1S/C25H34N2O2S/c1-18-10-12-21(13-11-18)16-30-17-23(28)27(15-22-9-7-8-19(2)14-22)20(3)24(29)26-25(4,5)6/h7-14,20H,15-17H2,1-6H3,(H,26,29)/t20-/m1/s1. The molecule has 1 atom stereocenters. The van der Waals surface area contributed by atoms with Crippen LogP contribution in [0.3, 0.4) is 0 Å². The van der Waals surface area contributed by atoms with Gasteiger partial charge in [-0.3, -0.25) is 9.59 Å². The van der Waals surface area contributed by atoms with E-state index in [0.717, 1.165) is 16.9 Å². The highest BCUT2D eigenvalue weighted by Gasteiger charge is 2.28. The highest BCUT2D eigenvalue weighted by molar-refractivity contribution is 7.99. The van der Waals surface area contributed by atoms with E-state index in [1.54, 1.807) is 23.6 Å². The number of rotatable bonds is 8. The summed E-state index contributed by atoms with van der Waals surface area (Å²) in [5.41, 5.74) is 4.25. The summed E-state index contributed by atoms with van der Waals surface area (Å²) in [6.45, 7) is 12.2. The highest BCUT2D eigenvalue weighted by Crippen LogP contribution is 2.17. The molecule has 1 N–H and O–H groups in total. The van der Waals surface area contributed by atoms with Crippen molar-refractivity contribution in [2.24, 2.45) is 0 Å². The molecule has 0 aliphatic carbocycles. The first kappa shape index (κ1) is 24.0. The Kier molecular flexibility index (Phi) is 8.54. The highest BCUT2D eigenvalue weighted by atomic mass is 32.2. The number of thioether (sulfide) groups is 1. The molecule has 0 fully saturated rings. The van der Waals surface area contributed by atoms with Crippen LogP contribution in [0, 0.1) is 13.8 Å². The minimum Gasteiger partial charge on any atom is -0.350 e. The van der Waals surface area contributed by atoms with Crippen molar-refractivity contribution >= 4 is 23.6 Å². The number of nitrogens with zero attached hydrogens (tertiary/aromatic N) is 1. The Labute approximate surface area is 185 Å². The van der Waals surface area contributed by atoms with Gasteiger partial charge in [0.1, 0.15) is 6.04 Å². The summed E-state index contributed by atoms with van der Waals surface area (Å²) >= 11 is 1.58. The van der Waals surface area contributed by atoms with Crippen LogP contribution >= 0.6 is 11.8 Å². The monoisotopic (exact) mass is 426 g/mol. The summed E-state index contributed by atoms with van der Waals surface area (Å²) in [7, 11) is 0. The van der Waals surface area contributed by atoms with Crippen LogP contribution in [0.4, 0.5) is 0 Å². The van der Waals surface area contributed by atoms with E-state index in [4.69, 9.17) is 0 Å². The Hall–Kier alpha value is -2.27. The van der Waals surface area contributed by atoms with E-state index >= 15 is 0 Å². The van der Waals surface area contributed by atoms with Gasteiger partial charge in [0.2, 0.25) is 11.8 Å². The third-order valence-electron chi connectivity index (χ3n) is 4.72. The lowest BCUT2D eigenvalue weighted by Gasteiger charge is -2.31. The van der Waals surface area contributed by atoms with Crippen molar-refractivity contribution < 1.29 is 9.59 Å². The second-order valence-electron chi connectivity index (χ2n) is 8.90. The number of carbonyl (C=O) groups excluding carboxylic acids is 2. The van der Waals surface area contributed by atoms with Crippen molar-refractivity contribution in [3.05, 3.63) is 70.8 Å². The van der Waals surface area contributed by atoms with Crippen molar-refractivity contribution in [1.29, 1.82) is 0 Å². The molecule has 5 heteroatoms. The maximum Gasteiger partial charge on any atom is 0.242 e. The van der Waals surface area contributed by atoms with Crippen LogP contribution in [-0.4, -0.2) is 34.0 Å². The van der Waals surface area contributed by atoms with Crippen molar-refractivity contribution in [2.45, 2.75) is 65.4 Å². The van der Waals surface area contributed by atoms with E-state index in [9.17, 15) is 9.59 Å². The zero-order valence-electron chi connectivity index (χ0n) is 19.0. The van der Waals surface area contributed by atoms with Gasteiger partial charge >= 0.3 is 0 Å². The van der Waals surface area contributed by atoms with Gasteiger partial charge in [-0.15, -0.1) is 11.8 Å². The van der Waals surface area contributed by atoms with Crippen LogP contribution in [0.25, 0.3) is 0 Å². The molecule has 0 radical (unpaired) electrons. The van der Waals surface area contributed by atoms with Gasteiger partial charge in [0, 0.05) is 17.8 Å². The van der Waals surface area contributed by atoms with Crippen LogP contribution in [-0.2, 0) is 21.9 Å². The molecule has 0 saturated carbocycles. The fourth-order valence-corrected chi connectivity index (χ4v) is 3.96. The number of nitrogens with one attached hydrogen (secondary N) is 1. The van der Waals surface area contributed by atoms with Crippen molar-refractivity contribution in [2.75, 3.05) is 5.75 Å². The van der Waals surface area contributed by atoms with Gasteiger partial charge in [-0.05, 0) is 52.7 Å². The summed E-state index contributed by atoms with van der Waals surface area (Å²) in [6, 6.07) is 15.9. The number of carbonyl (C=O) groups is 2. The second-order valence-corrected chi connectivity index (χ2v) is 9.89. The smallest absolute Gasteiger partial charge is 0.242 e.